The SMILES string of the molecule is O=C(O)C1CCCCC1C(=O)OC(CO)CO. The van der Waals surface area contributed by atoms with E-state index in [1.807, 2.05) is 0 Å². The first kappa shape index (κ1) is 13.9. The summed E-state index contributed by atoms with van der Waals surface area (Å²) in [5, 5.41) is 26.6. The first-order chi connectivity index (χ1) is 8.10. The number of aliphatic hydroxyl groups excluding tert-OH is 2. The van der Waals surface area contributed by atoms with E-state index in [1.165, 1.54) is 0 Å². The molecule has 0 saturated heterocycles. The lowest BCUT2D eigenvalue weighted by molar-refractivity contribution is -0.166. The third kappa shape index (κ3) is 3.67. The molecule has 1 aliphatic carbocycles. The van der Waals surface area contributed by atoms with Crippen LogP contribution in [-0.4, -0.2) is 46.6 Å². The Bertz CT molecular complexity index is 273. The van der Waals surface area contributed by atoms with Crippen molar-refractivity contribution in [2.75, 3.05) is 13.2 Å². The van der Waals surface area contributed by atoms with Crippen LogP contribution in [0.1, 0.15) is 25.7 Å². The van der Waals surface area contributed by atoms with Crippen molar-refractivity contribution in [1.82, 2.24) is 0 Å². The normalized spacial score (nSPS) is 24.6. The Morgan fingerprint density at radius 2 is 1.65 bits per heavy atom. The van der Waals surface area contributed by atoms with Crippen LogP contribution in [0.15, 0.2) is 0 Å². The summed E-state index contributed by atoms with van der Waals surface area (Å²) in [6.07, 6.45) is 1.59. The maximum Gasteiger partial charge on any atom is 0.310 e. The fraction of sp³-hybridized carbons (Fsp3) is 0.818. The molecule has 1 fully saturated rings. The fourth-order valence-electron chi connectivity index (χ4n) is 2.09. The number of carbonyl (C=O) groups is 2. The molecular weight excluding hydrogens is 228 g/mol. The molecule has 1 saturated carbocycles. The fourth-order valence-corrected chi connectivity index (χ4v) is 2.09. The summed E-state index contributed by atoms with van der Waals surface area (Å²) in [4.78, 5) is 22.7. The average Bonchev–Trinajstić information content (AvgIpc) is 2.35. The van der Waals surface area contributed by atoms with Crippen LogP contribution in [0.5, 0.6) is 0 Å². The first-order valence-corrected chi connectivity index (χ1v) is 5.75. The van der Waals surface area contributed by atoms with Crippen molar-refractivity contribution in [2.45, 2.75) is 31.8 Å². The molecule has 6 nitrogen and oxygen atoms in total. The first-order valence-electron chi connectivity index (χ1n) is 5.75. The Hall–Kier alpha value is -1.14. The predicted octanol–water partition coefficient (Wildman–Crippen LogP) is -0.226. The molecule has 3 N–H and O–H groups in total. The van der Waals surface area contributed by atoms with Crippen LogP contribution in [0.2, 0.25) is 0 Å². The molecule has 0 bridgehead atoms. The molecule has 2 unspecified atom stereocenters. The van der Waals surface area contributed by atoms with Gasteiger partial charge in [-0.25, -0.2) is 0 Å². The van der Waals surface area contributed by atoms with Gasteiger partial charge in [-0.2, -0.15) is 0 Å². The van der Waals surface area contributed by atoms with Crippen molar-refractivity contribution in [2.24, 2.45) is 11.8 Å². The quantitative estimate of drug-likeness (QED) is 0.579. The number of carboxylic acids is 1. The zero-order valence-electron chi connectivity index (χ0n) is 9.54. The smallest absolute Gasteiger partial charge is 0.310 e. The van der Waals surface area contributed by atoms with Gasteiger partial charge in [0.2, 0.25) is 0 Å². The predicted molar refractivity (Wildman–Crippen MR) is 57.1 cm³/mol. The number of rotatable bonds is 5. The number of esters is 1. The van der Waals surface area contributed by atoms with E-state index in [4.69, 9.17) is 20.1 Å². The minimum absolute atomic E-state index is 0.466. The van der Waals surface area contributed by atoms with Gasteiger partial charge in [-0.1, -0.05) is 12.8 Å². The van der Waals surface area contributed by atoms with Crippen LogP contribution >= 0.6 is 0 Å². The lowest BCUT2D eigenvalue weighted by Gasteiger charge is -2.27. The van der Waals surface area contributed by atoms with Crippen LogP contribution in [0.4, 0.5) is 0 Å². The maximum absolute atomic E-state index is 11.7. The largest absolute Gasteiger partial charge is 0.481 e. The summed E-state index contributed by atoms with van der Waals surface area (Å²) in [5.41, 5.74) is 0. The van der Waals surface area contributed by atoms with Crippen molar-refractivity contribution in [3.8, 4) is 0 Å². The van der Waals surface area contributed by atoms with Crippen molar-refractivity contribution in [3.63, 3.8) is 0 Å². The topological polar surface area (TPSA) is 104 Å². The molecule has 0 aromatic heterocycles. The van der Waals surface area contributed by atoms with E-state index in [-0.39, 0.29) is 0 Å². The van der Waals surface area contributed by atoms with E-state index in [9.17, 15) is 9.59 Å². The molecule has 0 radical (unpaired) electrons. The Morgan fingerprint density at radius 1 is 1.12 bits per heavy atom. The highest BCUT2D eigenvalue weighted by molar-refractivity contribution is 5.81. The summed E-state index contributed by atoms with van der Waals surface area (Å²) in [6, 6.07) is 0. The van der Waals surface area contributed by atoms with Gasteiger partial charge in [-0.05, 0) is 12.8 Å². The Labute approximate surface area is 99.2 Å². The number of carbonyl (C=O) groups excluding carboxylic acids is 1. The van der Waals surface area contributed by atoms with Gasteiger partial charge in [0.25, 0.3) is 0 Å². The molecular formula is C11H18O6. The molecule has 0 amide bonds. The molecule has 0 heterocycles. The Balaban J connectivity index is 2.61. The Kier molecular flexibility index (Phi) is 5.37. The van der Waals surface area contributed by atoms with E-state index in [0.717, 1.165) is 12.8 Å². The van der Waals surface area contributed by atoms with Crippen molar-refractivity contribution in [3.05, 3.63) is 0 Å². The number of ether oxygens (including phenoxy) is 1. The number of carboxylic acid groups (broad SMARTS) is 1. The van der Waals surface area contributed by atoms with E-state index < -0.39 is 43.1 Å². The number of hydrogen-bond acceptors (Lipinski definition) is 5. The standard InChI is InChI=1S/C11H18O6/c12-5-7(6-13)17-11(16)9-4-2-1-3-8(9)10(14)15/h7-9,12-13H,1-6H2,(H,14,15). The molecule has 2 atom stereocenters. The van der Waals surface area contributed by atoms with Crippen LogP contribution in [0.3, 0.4) is 0 Å². The number of aliphatic carboxylic acids is 1. The highest BCUT2D eigenvalue weighted by Crippen LogP contribution is 2.31. The van der Waals surface area contributed by atoms with Gasteiger partial charge in [0, 0.05) is 0 Å². The van der Waals surface area contributed by atoms with Crippen LogP contribution in [0.25, 0.3) is 0 Å². The molecule has 1 aliphatic rings. The molecule has 0 spiro atoms. The molecule has 17 heavy (non-hydrogen) atoms. The second-order valence-corrected chi connectivity index (χ2v) is 4.26. The van der Waals surface area contributed by atoms with E-state index >= 15 is 0 Å². The van der Waals surface area contributed by atoms with Crippen LogP contribution < -0.4 is 0 Å². The highest BCUT2D eigenvalue weighted by Gasteiger charge is 2.37. The second kappa shape index (κ2) is 6.56. The van der Waals surface area contributed by atoms with Crippen molar-refractivity contribution < 1.29 is 29.6 Å². The second-order valence-electron chi connectivity index (χ2n) is 4.26. The van der Waals surface area contributed by atoms with Gasteiger partial charge in [0.15, 0.2) is 0 Å². The van der Waals surface area contributed by atoms with E-state index in [0.29, 0.717) is 12.8 Å². The van der Waals surface area contributed by atoms with E-state index in [1.54, 1.807) is 0 Å². The van der Waals surface area contributed by atoms with E-state index in [2.05, 4.69) is 0 Å². The van der Waals surface area contributed by atoms with Gasteiger partial charge >= 0.3 is 11.9 Å². The average molecular weight is 246 g/mol. The van der Waals surface area contributed by atoms with Crippen molar-refractivity contribution in [1.29, 1.82) is 0 Å². The molecule has 0 aromatic carbocycles. The minimum atomic E-state index is -0.990. The highest BCUT2D eigenvalue weighted by atomic mass is 16.6. The molecule has 6 heteroatoms. The monoisotopic (exact) mass is 246 g/mol. The van der Waals surface area contributed by atoms with Crippen LogP contribution in [-0.2, 0) is 14.3 Å². The Morgan fingerprint density at radius 3 is 2.12 bits per heavy atom. The minimum Gasteiger partial charge on any atom is -0.481 e. The molecule has 0 aliphatic heterocycles. The zero-order valence-corrected chi connectivity index (χ0v) is 9.54. The third-order valence-electron chi connectivity index (χ3n) is 3.08. The summed E-state index contributed by atoms with van der Waals surface area (Å²) >= 11 is 0. The van der Waals surface area contributed by atoms with Crippen LogP contribution in [0, 0.1) is 11.8 Å². The summed E-state index contributed by atoms with van der Waals surface area (Å²) in [6.45, 7) is -0.931. The molecule has 98 valence electrons. The third-order valence-corrected chi connectivity index (χ3v) is 3.08. The van der Waals surface area contributed by atoms with Gasteiger partial charge in [0.05, 0.1) is 25.0 Å². The number of aliphatic hydroxyl groups is 2. The van der Waals surface area contributed by atoms with Crippen molar-refractivity contribution >= 4 is 11.9 Å². The summed E-state index contributed by atoms with van der Waals surface area (Å²) in [7, 11) is 0. The van der Waals surface area contributed by atoms with Gasteiger partial charge in [-0.15, -0.1) is 0 Å². The summed E-state index contributed by atoms with van der Waals surface area (Å²) < 4.78 is 4.87. The maximum atomic E-state index is 11.7. The molecule has 1 rings (SSSR count). The summed E-state index contributed by atoms with van der Waals surface area (Å²) in [5.74, 6) is -3.00. The zero-order chi connectivity index (χ0) is 12.8. The molecule has 0 aromatic rings. The lowest BCUT2D eigenvalue weighted by Crippen LogP contribution is -2.37. The number of hydrogen-bond donors (Lipinski definition) is 3. The van der Waals surface area contributed by atoms with Gasteiger partial charge in [-0.3, -0.25) is 9.59 Å². The van der Waals surface area contributed by atoms with Gasteiger partial charge < -0.3 is 20.1 Å². The van der Waals surface area contributed by atoms with Gasteiger partial charge in [0.1, 0.15) is 6.10 Å². The lowest BCUT2D eigenvalue weighted by atomic mass is 9.79.